The van der Waals surface area contributed by atoms with Crippen LogP contribution in [-0.2, 0) is 4.79 Å². The van der Waals surface area contributed by atoms with Gasteiger partial charge in [0.2, 0.25) is 0 Å². The highest BCUT2D eigenvalue weighted by molar-refractivity contribution is 5.85. The molecule has 1 aliphatic heterocycles. The largest absolute Gasteiger partial charge is 0.493 e. The number of ether oxygens (including phenoxy) is 2. The van der Waals surface area contributed by atoms with Crippen molar-refractivity contribution in [2.45, 2.75) is 25.4 Å². The molecule has 2 unspecified atom stereocenters. The Kier molecular flexibility index (Phi) is 6.40. The van der Waals surface area contributed by atoms with E-state index in [1.54, 1.807) is 13.3 Å². The Balaban J connectivity index is 1.58. The molecule has 7 heteroatoms. The van der Waals surface area contributed by atoms with Crippen LogP contribution >= 0.6 is 0 Å². The van der Waals surface area contributed by atoms with Crippen molar-refractivity contribution in [1.29, 1.82) is 0 Å². The number of amides is 1. The Bertz CT molecular complexity index is 795. The molecule has 7 nitrogen and oxygen atoms in total. The van der Waals surface area contributed by atoms with Crippen LogP contribution in [0.15, 0.2) is 53.6 Å². The summed E-state index contributed by atoms with van der Waals surface area (Å²) in [7, 11) is 1.61. The highest BCUT2D eigenvalue weighted by Gasteiger charge is 2.30. The topological polar surface area (TPSA) is 84.0 Å². The SMILES string of the molecule is CCOc1ccc(C2CC(C(=O)N/N=C/c3ccccc3)NN2)cc1OC. The molecular weight excluding hydrogens is 344 g/mol. The molecule has 3 N–H and O–H groups in total. The predicted octanol–water partition coefficient (Wildman–Crippen LogP) is 2.15. The third-order valence-electron chi connectivity index (χ3n) is 4.30. The van der Waals surface area contributed by atoms with Crippen LogP contribution in [0, 0.1) is 0 Å². The van der Waals surface area contributed by atoms with Gasteiger partial charge in [0.05, 0.1) is 19.9 Å². The second-order valence-electron chi connectivity index (χ2n) is 6.12. The van der Waals surface area contributed by atoms with Crippen molar-refractivity contribution in [3.8, 4) is 11.5 Å². The lowest BCUT2D eigenvalue weighted by Gasteiger charge is -2.14. The molecule has 0 radical (unpaired) electrons. The fourth-order valence-electron chi connectivity index (χ4n) is 2.91. The summed E-state index contributed by atoms with van der Waals surface area (Å²) < 4.78 is 10.9. The van der Waals surface area contributed by atoms with E-state index >= 15 is 0 Å². The van der Waals surface area contributed by atoms with Gasteiger partial charge in [-0.1, -0.05) is 36.4 Å². The van der Waals surface area contributed by atoms with E-state index < -0.39 is 0 Å². The van der Waals surface area contributed by atoms with E-state index in [-0.39, 0.29) is 18.0 Å². The van der Waals surface area contributed by atoms with Crippen LogP contribution in [0.4, 0.5) is 0 Å². The van der Waals surface area contributed by atoms with Crippen molar-refractivity contribution in [3.63, 3.8) is 0 Å². The third-order valence-corrected chi connectivity index (χ3v) is 4.30. The first kappa shape index (κ1) is 18.9. The van der Waals surface area contributed by atoms with E-state index in [0.717, 1.165) is 11.1 Å². The van der Waals surface area contributed by atoms with Gasteiger partial charge in [-0.3, -0.25) is 4.79 Å². The van der Waals surface area contributed by atoms with E-state index in [1.807, 2.05) is 55.5 Å². The van der Waals surface area contributed by atoms with E-state index in [4.69, 9.17) is 9.47 Å². The lowest BCUT2D eigenvalue weighted by molar-refractivity contribution is -0.122. The first-order chi connectivity index (χ1) is 13.2. The molecule has 1 saturated heterocycles. The maximum absolute atomic E-state index is 12.3. The molecule has 27 heavy (non-hydrogen) atoms. The maximum Gasteiger partial charge on any atom is 0.258 e. The van der Waals surface area contributed by atoms with Crippen LogP contribution in [0.5, 0.6) is 11.5 Å². The number of nitrogens with zero attached hydrogens (tertiary/aromatic N) is 1. The molecule has 0 spiro atoms. The first-order valence-electron chi connectivity index (χ1n) is 8.91. The molecule has 0 aromatic heterocycles. The lowest BCUT2D eigenvalue weighted by atomic mass is 10.0. The Morgan fingerprint density at radius 1 is 1.22 bits per heavy atom. The number of hydrazone groups is 1. The lowest BCUT2D eigenvalue weighted by Crippen LogP contribution is -2.41. The maximum atomic E-state index is 12.3. The highest BCUT2D eigenvalue weighted by atomic mass is 16.5. The number of nitrogens with one attached hydrogen (secondary N) is 3. The van der Waals surface area contributed by atoms with Gasteiger partial charge in [0, 0.05) is 6.04 Å². The van der Waals surface area contributed by atoms with E-state index in [2.05, 4.69) is 21.4 Å². The fourth-order valence-corrected chi connectivity index (χ4v) is 2.91. The highest BCUT2D eigenvalue weighted by Crippen LogP contribution is 2.32. The van der Waals surface area contributed by atoms with Crippen molar-refractivity contribution >= 4 is 12.1 Å². The average Bonchev–Trinajstić information content (AvgIpc) is 3.19. The van der Waals surface area contributed by atoms with Gasteiger partial charge in [0.1, 0.15) is 6.04 Å². The van der Waals surface area contributed by atoms with Crippen LogP contribution < -0.4 is 25.8 Å². The van der Waals surface area contributed by atoms with Gasteiger partial charge in [-0.2, -0.15) is 5.10 Å². The second kappa shape index (κ2) is 9.16. The molecule has 2 aromatic carbocycles. The van der Waals surface area contributed by atoms with E-state index in [1.165, 1.54) is 0 Å². The summed E-state index contributed by atoms with van der Waals surface area (Å²) in [5, 5.41) is 4.01. The van der Waals surface area contributed by atoms with Gasteiger partial charge in [0.15, 0.2) is 11.5 Å². The smallest absolute Gasteiger partial charge is 0.258 e. The molecule has 1 fully saturated rings. The van der Waals surface area contributed by atoms with Crippen molar-refractivity contribution in [1.82, 2.24) is 16.3 Å². The third kappa shape index (κ3) is 4.84. The van der Waals surface area contributed by atoms with Gasteiger partial charge in [-0.15, -0.1) is 0 Å². The Morgan fingerprint density at radius 2 is 2.04 bits per heavy atom. The normalized spacial score (nSPS) is 19.2. The Hall–Kier alpha value is -2.90. The zero-order chi connectivity index (χ0) is 19.1. The van der Waals surface area contributed by atoms with Crippen LogP contribution in [0.3, 0.4) is 0 Å². The summed E-state index contributed by atoms with van der Waals surface area (Å²) in [6.45, 7) is 2.50. The summed E-state index contributed by atoms with van der Waals surface area (Å²) in [6.07, 6.45) is 2.22. The number of hydrogen-bond donors (Lipinski definition) is 3. The molecule has 2 aromatic rings. The molecular formula is C20H24N4O3. The number of benzene rings is 2. The standard InChI is InChI=1S/C20H24N4O3/c1-3-27-18-10-9-15(11-19(18)26-2)16-12-17(23-22-16)20(25)24-21-13-14-7-5-4-6-8-14/h4-11,13,16-17,22-23H,3,12H2,1-2H3,(H,24,25)/b21-13+. The summed E-state index contributed by atoms with van der Waals surface area (Å²) >= 11 is 0. The van der Waals surface area contributed by atoms with Gasteiger partial charge < -0.3 is 9.47 Å². The van der Waals surface area contributed by atoms with Gasteiger partial charge >= 0.3 is 0 Å². The number of hydrazine groups is 1. The van der Waals surface area contributed by atoms with Crippen molar-refractivity contribution in [2.24, 2.45) is 5.10 Å². The molecule has 1 aliphatic rings. The summed E-state index contributed by atoms with van der Waals surface area (Å²) in [5.41, 5.74) is 10.7. The molecule has 1 amide bonds. The summed E-state index contributed by atoms with van der Waals surface area (Å²) in [4.78, 5) is 12.3. The second-order valence-corrected chi connectivity index (χ2v) is 6.12. The van der Waals surface area contributed by atoms with Gasteiger partial charge in [0.25, 0.3) is 5.91 Å². The molecule has 0 saturated carbocycles. The van der Waals surface area contributed by atoms with Crippen molar-refractivity contribution in [3.05, 3.63) is 59.7 Å². The zero-order valence-corrected chi connectivity index (χ0v) is 15.4. The minimum absolute atomic E-state index is 0.0107. The van der Waals surface area contributed by atoms with Crippen LogP contribution in [-0.4, -0.2) is 31.9 Å². The number of methoxy groups -OCH3 is 1. The van der Waals surface area contributed by atoms with Crippen LogP contribution in [0.25, 0.3) is 0 Å². The fraction of sp³-hybridized carbons (Fsp3) is 0.300. The van der Waals surface area contributed by atoms with E-state index in [0.29, 0.717) is 24.5 Å². The van der Waals surface area contributed by atoms with Crippen molar-refractivity contribution in [2.75, 3.05) is 13.7 Å². The summed E-state index contributed by atoms with van der Waals surface area (Å²) in [6, 6.07) is 15.0. The Morgan fingerprint density at radius 3 is 2.78 bits per heavy atom. The van der Waals surface area contributed by atoms with Crippen LogP contribution in [0.1, 0.15) is 30.5 Å². The summed E-state index contributed by atoms with van der Waals surface area (Å²) in [5.74, 6) is 1.20. The first-order valence-corrected chi connectivity index (χ1v) is 8.91. The number of hydrogen-bond acceptors (Lipinski definition) is 6. The molecule has 0 aliphatic carbocycles. The number of carbonyl (C=O) groups excluding carboxylic acids is 1. The molecule has 3 rings (SSSR count). The molecule has 1 heterocycles. The number of rotatable bonds is 7. The zero-order valence-electron chi connectivity index (χ0n) is 15.4. The minimum Gasteiger partial charge on any atom is -0.493 e. The number of carbonyl (C=O) groups is 1. The predicted molar refractivity (Wildman–Crippen MR) is 104 cm³/mol. The van der Waals surface area contributed by atoms with E-state index in [9.17, 15) is 4.79 Å². The van der Waals surface area contributed by atoms with Crippen molar-refractivity contribution < 1.29 is 14.3 Å². The van der Waals surface area contributed by atoms with Gasteiger partial charge in [-0.25, -0.2) is 16.3 Å². The molecule has 2 atom stereocenters. The quantitative estimate of drug-likeness (QED) is 0.515. The minimum atomic E-state index is -0.375. The molecule has 0 bridgehead atoms. The monoisotopic (exact) mass is 368 g/mol. The van der Waals surface area contributed by atoms with Gasteiger partial charge in [-0.05, 0) is 36.6 Å². The van der Waals surface area contributed by atoms with Crippen LogP contribution in [0.2, 0.25) is 0 Å². The Labute approximate surface area is 158 Å². The average molecular weight is 368 g/mol. The molecule has 142 valence electrons.